The van der Waals surface area contributed by atoms with E-state index in [1.807, 2.05) is 0 Å². The van der Waals surface area contributed by atoms with E-state index in [-0.39, 0.29) is 0 Å². The summed E-state index contributed by atoms with van der Waals surface area (Å²) in [6.45, 7) is 0. The average Bonchev–Trinajstić information content (AvgIpc) is 2.82. The Morgan fingerprint density at radius 3 is 2.06 bits per heavy atom. The number of rotatable bonds is 3. The minimum absolute atomic E-state index is 0.313. The second kappa shape index (κ2) is 5.05. The molecule has 0 amide bonds. The molecule has 2 aliphatic rings. The fourth-order valence-corrected chi connectivity index (χ4v) is 4.00. The minimum Gasteiger partial charge on any atom is -0.326 e. The minimum atomic E-state index is 0.313. The lowest BCUT2D eigenvalue weighted by molar-refractivity contribution is 0.0499. The first-order valence-electron chi connectivity index (χ1n) is 7.10. The Labute approximate surface area is 101 Å². The van der Waals surface area contributed by atoms with Crippen LogP contribution < -0.4 is 5.73 Å². The summed E-state index contributed by atoms with van der Waals surface area (Å²) in [5.41, 5.74) is 6.96. The van der Waals surface area contributed by atoms with Gasteiger partial charge in [0, 0.05) is 11.6 Å². The van der Waals surface area contributed by atoms with Gasteiger partial charge < -0.3 is 10.6 Å². The summed E-state index contributed by atoms with van der Waals surface area (Å²) < 4.78 is 0. The molecule has 0 aromatic rings. The second-order valence-corrected chi connectivity index (χ2v) is 6.13. The van der Waals surface area contributed by atoms with E-state index in [4.69, 9.17) is 5.73 Å². The molecule has 0 aliphatic heterocycles. The van der Waals surface area contributed by atoms with Crippen molar-refractivity contribution in [2.75, 3.05) is 14.1 Å². The van der Waals surface area contributed by atoms with Crippen LogP contribution in [0.1, 0.15) is 57.8 Å². The van der Waals surface area contributed by atoms with Crippen LogP contribution in [0.15, 0.2) is 0 Å². The predicted molar refractivity (Wildman–Crippen MR) is 69.4 cm³/mol. The van der Waals surface area contributed by atoms with Gasteiger partial charge >= 0.3 is 0 Å². The second-order valence-electron chi connectivity index (χ2n) is 6.13. The van der Waals surface area contributed by atoms with E-state index in [0.29, 0.717) is 11.6 Å². The Kier molecular flexibility index (Phi) is 3.91. The predicted octanol–water partition coefficient (Wildman–Crippen LogP) is 2.77. The summed E-state index contributed by atoms with van der Waals surface area (Å²) in [5, 5.41) is 0. The van der Waals surface area contributed by atoms with Crippen molar-refractivity contribution < 1.29 is 0 Å². The van der Waals surface area contributed by atoms with Gasteiger partial charge in [0.15, 0.2) is 0 Å². The number of nitrogens with two attached hydrogens (primary N) is 1. The van der Waals surface area contributed by atoms with E-state index >= 15 is 0 Å². The van der Waals surface area contributed by atoms with Gasteiger partial charge in [-0.25, -0.2) is 0 Å². The first-order chi connectivity index (χ1) is 7.67. The lowest BCUT2D eigenvalue weighted by Gasteiger charge is -2.49. The molecule has 0 aromatic carbocycles. The third kappa shape index (κ3) is 2.14. The van der Waals surface area contributed by atoms with Crippen molar-refractivity contribution in [2.24, 2.45) is 11.7 Å². The quantitative estimate of drug-likeness (QED) is 0.798. The van der Waals surface area contributed by atoms with Gasteiger partial charge in [-0.3, -0.25) is 0 Å². The van der Waals surface area contributed by atoms with Gasteiger partial charge in [0.25, 0.3) is 0 Å². The standard InChI is InChI=1S/C14H28N2/c1-16(2)14(10-6-3-7-11-14)13(15)12-8-4-5-9-12/h12-13H,3-11,15H2,1-2H3. The molecule has 2 aliphatic carbocycles. The highest BCUT2D eigenvalue weighted by atomic mass is 15.2. The Bertz CT molecular complexity index is 213. The Balaban J connectivity index is 2.10. The molecule has 1 unspecified atom stereocenters. The third-order valence-corrected chi connectivity index (χ3v) is 5.14. The number of nitrogens with zero attached hydrogens (tertiary/aromatic N) is 1. The normalized spacial score (nSPS) is 28.5. The Hall–Kier alpha value is -0.0800. The molecule has 1 atom stereocenters. The molecule has 94 valence electrons. The highest BCUT2D eigenvalue weighted by Crippen LogP contribution is 2.40. The average molecular weight is 224 g/mol. The molecule has 2 N–H and O–H groups in total. The SMILES string of the molecule is CN(C)C1(C(N)C2CCCC2)CCCCC1. The molecule has 0 radical (unpaired) electrons. The third-order valence-electron chi connectivity index (χ3n) is 5.14. The monoisotopic (exact) mass is 224 g/mol. The van der Waals surface area contributed by atoms with Gasteiger partial charge in [-0.05, 0) is 45.7 Å². The van der Waals surface area contributed by atoms with Crippen LogP contribution in [0.25, 0.3) is 0 Å². The van der Waals surface area contributed by atoms with Crippen molar-refractivity contribution >= 4 is 0 Å². The van der Waals surface area contributed by atoms with E-state index in [1.54, 1.807) is 0 Å². The molecular weight excluding hydrogens is 196 g/mol. The maximum atomic E-state index is 6.65. The molecule has 16 heavy (non-hydrogen) atoms. The van der Waals surface area contributed by atoms with Gasteiger partial charge in [0.05, 0.1) is 0 Å². The van der Waals surface area contributed by atoms with Crippen LogP contribution in [0, 0.1) is 5.92 Å². The molecule has 2 nitrogen and oxygen atoms in total. The largest absolute Gasteiger partial charge is 0.326 e. The number of hydrogen-bond donors (Lipinski definition) is 1. The maximum absolute atomic E-state index is 6.65. The van der Waals surface area contributed by atoms with E-state index in [9.17, 15) is 0 Å². The van der Waals surface area contributed by atoms with Crippen LogP contribution in [0.3, 0.4) is 0 Å². The molecule has 0 spiro atoms. The maximum Gasteiger partial charge on any atom is 0.0357 e. The van der Waals surface area contributed by atoms with Crippen LogP contribution in [0.2, 0.25) is 0 Å². The summed E-state index contributed by atoms with van der Waals surface area (Å²) in [4.78, 5) is 2.44. The van der Waals surface area contributed by atoms with Crippen LogP contribution in [-0.2, 0) is 0 Å². The number of hydrogen-bond acceptors (Lipinski definition) is 2. The summed E-state index contributed by atoms with van der Waals surface area (Å²) in [6, 6.07) is 0.408. The van der Waals surface area contributed by atoms with Crippen LogP contribution >= 0.6 is 0 Å². The highest BCUT2D eigenvalue weighted by Gasteiger charge is 2.43. The van der Waals surface area contributed by atoms with Crippen molar-refractivity contribution in [3.05, 3.63) is 0 Å². The lowest BCUT2D eigenvalue weighted by atomic mass is 9.71. The molecule has 2 rings (SSSR count). The lowest BCUT2D eigenvalue weighted by Crippen LogP contribution is -2.60. The van der Waals surface area contributed by atoms with E-state index in [0.717, 1.165) is 5.92 Å². The van der Waals surface area contributed by atoms with Crippen LogP contribution in [-0.4, -0.2) is 30.6 Å². The molecule has 0 aromatic heterocycles. The fraction of sp³-hybridized carbons (Fsp3) is 1.00. The van der Waals surface area contributed by atoms with Crippen molar-refractivity contribution in [1.29, 1.82) is 0 Å². The van der Waals surface area contributed by atoms with Gasteiger partial charge in [-0.1, -0.05) is 32.1 Å². The van der Waals surface area contributed by atoms with Crippen molar-refractivity contribution in [3.8, 4) is 0 Å². The van der Waals surface area contributed by atoms with E-state index < -0.39 is 0 Å². The zero-order valence-electron chi connectivity index (χ0n) is 11.0. The fourth-order valence-electron chi connectivity index (χ4n) is 4.00. The molecule has 0 heterocycles. The van der Waals surface area contributed by atoms with Gasteiger partial charge in [0.1, 0.15) is 0 Å². The Morgan fingerprint density at radius 2 is 1.56 bits per heavy atom. The first-order valence-corrected chi connectivity index (χ1v) is 7.10. The van der Waals surface area contributed by atoms with Crippen LogP contribution in [0.4, 0.5) is 0 Å². The molecule has 0 saturated heterocycles. The first kappa shape index (κ1) is 12.4. The summed E-state index contributed by atoms with van der Waals surface area (Å²) in [7, 11) is 4.47. The number of likely N-dealkylation sites (N-methyl/N-ethyl adjacent to an activating group) is 1. The van der Waals surface area contributed by atoms with Crippen molar-refractivity contribution in [3.63, 3.8) is 0 Å². The van der Waals surface area contributed by atoms with Gasteiger partial charge in [-0.2, -0.15) is 0 Å². The zero-order chi connectivity index (χ0) is 11.6. The zero-order valence-corrected chi connectivity index (χ0v) is 11.0. The smallest absolute Gasteiger partial charge is 0.0357 e. The molecule has 0 bridgehead atoms. The Morgan fingerprint density at radius 1 is 1.00 bits per heavy atom. The summed E-state index contributed by atoms with van der Waals surface area (Å²) >= 11 is 0. The van der Waals surface area contributed by atoms with Crippen molar-refractivity contribution in [1.82, 2.24) is 4.90 Å². The molecule has 2 fully saturated rings. The molecule has 2 saturated carbocycles. The highest BCUT2D eigenvalue weighted by molar-refractivity contribution is 5.02. The van der Waals surface area contributed by atoms with Crippen LogP contribution in [0.5, 0.6) is 0 Å². The van der Waals surface area contributed by atoms with E-state index in [1.165, 1.54) is 57.8 Å². The topological polar surface area (TPSA) is 29.3 Å². The van der Waals surface area contributed by atoms with Gasteiger partial charge in [-0.15, -0.1) is 0 Å². The summed E-state index contributed by atoms with van der Waals surface area (Å²) in [6.07, 6.45) is 12.3. The molecular formula is C14H28N2. The summed E-state index contributed by atoms with van der Waals surface area (Å²) in [5.74, 6) is 0.792. The van der Waals surface area contributed by atoms with Crippen molar-refractivity contribution in [2.45, 2.75) is 69.4 Å². The molecule has 2 heteroatoms. The van der Waals surface area contributed by atoms with E-state index in [2.05, 4.69) is 19.0 Å². The van der Waals surface area contributed by atoms with Gasteiger partial charge in [0.2, 0.25) is 0 Å².